The third-order valence-corrected chi connectivity index (χ3v) is 4.63. The first kappa shape index (κ1) is 20.0. The maximum absolute atomic E-state index is 12.4. The smallest absolute Gasteiger partial charge is 0.229 e. The summed E-state index contributed by atoms with van der Waals surface area (Å²) in [5.74, 6) is 1.40. The molecular weight excluding hydrogens is 357 g/mol. The predicted molar refractivity (Wildman–Crippen MR) is 96.5 cm³/mol. The van der Waals surface area contributed by atoms with Gasteiger partial charge in [-0.05, 0) is 31.2 Å². The summed E-state index contributed by atoms with van der Waals surface area (Å²) in [6, 6.07) is 2.15. The third kappa shape index (κ3) is 4.26. The van der Waals surface area contributed by atoms with E-state index in [9.17, 15) is 4.79 Å². The van der Waals surface area contributed by atoms with Crippen LogP contribution in [0.3, 0.4) is 0 Å². The first-order valence-electron chi connectivity index (χ1n) is 7.17. The van der Waals surface area contributed by atoms with Gasteiger partial charge in [0.25, 0.3) is 0 Å². The van der Waals surface area contributed by atoms with Gasteiger partial charge in [-0.3, -0.25) is 4.79 Å². The molecule has 2 aromatic heterocycles. The van der Waals surface area contributed by atoms with Gasteiger partial charge in [0.2, 0.25) is 11.8 Å². The van der Waals surface area contributed by atoms with Crippen LogP contribution in [0.2, 0.25) is 0 Å². The minimum atomic E-state index is 0. The molecule has 5 nitrogen and oxygen atoms in total. The lowest BCUT2D eigenvalue weighted by Gasteiger charge is -2.23. The van der Waals surface area contributed by atoms with Crippen molar-refractivity contribution >= 4 is 42.1 Å². The summed E-state index contributed by atoms with van der Waals surface area (Å²) in [4.78, 5) is 18.8. The normalized spacial score (nSPS) is 16.8. The summed E-state index contributed by atoms with van der Waals surface area (Å²) >= 11 is 1.60. The highest BCUT2D eigenvalue weighted by molar-refractivity contribution is 7.08. The molecule has 128 valence electrons. The highest BCUT2D eigenvalue weighted by Crippen LogP contribution is 2.25. The van der Waals surface area contributed by atoms with Crippen molar-refractivity contribution in [1.82, 2.24) is 9.88 Å². The number of carbonyl (C=O) groups excluding carboxylic acids is 1. The van der Waals surface area contributed by atoms with E-state index in [1.807, 2.05) is 28.7 Å². The zero-order chi connectivity index (χ0) is 14.8. The lowest BCUT2D eigenvalue weighted by atomic mass is 10.2. The van der Waals surface area contributed by atoms with Crippen molar-refractivity contribution < 1.29 is 9.21 Å². The van der Waals surface area contributed by atoms with Gasteiger partial charge in [-0.25, -0.2) is 4.98 Å². The molecule has 2 aromatic rings. The fourth-order valence-electron chi connectivity index (χ4n) is 2.76. The number of aromatic nitrogens is 1. The highest BCUT2D eigenvalue weighted by Gasteiger charge is 2.28. The van der Waals surface area contributed by atoms with Gasteiger partial charge in [-0.15, -0.1) is 24.8 Å². The molecule has 1 saturated heterocycles. The number of carbonyl (C=O) groups is 1. The molecule has 0 saturated carbocycles. The fraction of sp³-hybridized carbons (Fsp3) is 0.467. The van der Waals surface area contributed by atoms with Crippen molar-refractivity contribution in [3.05, 3.63) is 28.3 Å². The second-order valence-corrected chi connectivity index (χ2v) is 6.11. The van der Waals surface area contributed by atoms with Gasteiger partial charge in [-0.1, -0.05) is 0 Å². The number of nitrogens with two attached hydrogens (primary N) is 1. The molecule has 1 amide bonds. The van der Waals surface area contributed by atoms with Gasteiger partial charge in [0.15, 0.2) is 0 Å². The van der Waals surface area contributed by atoms with E-state index in [0.717, 1.165) is 30.6 Å². The topological polar surface area (TPSA) is 72.4 Å². The minimum absolute atomic E-state index is 0. The van der Waals surface area contributed by atoms with E-state index in [-0.39, 0.29) is 43.2 Å². The van der Waals surface area contributed by atoms with Gasteiger partial charge in [0.1, 0.15) is 5.76 Å². The van der Waals surface area contributed by atoms with Crippen LogP contribution in [0.15, 0.2) is 21.2 Å². The summed E-state index contributed by atoms with van der Waals surface area (Å²) in [7, 11) is 0. The Labute approximate surface area is 152 Å². The number of aryl methyl sites for hydroxylation is 1. The molecule has 0 radical (unpaired) electrons. The maximum Gasteiger partial charge on any atom is 0.229 e. The first-order valence-corrected chi connectivity index (χ1v) is 8.11. The Bertz CT molecular complexity index is 631. The van der Waals surface area contributed by atoms with Crippen LogP contribution < -0.4 is 5.73 Å². The molecule has 1 atom stereocenters. The first-order chi connectivity index (χ1) is 10.2. The summed E-state index contributed by atoms with van der Waals surface area (Å²) in [5.41, 5.74) is 7.41. The molecule has 0 spiro atoms. The number of oxazole rings is 1. The van der Waals surface area contributed by atoms with Gasteiger partial charge in [0.05, 0.1) is 12.1 Å². The van der Waals surface area contributed by atoms with Crippen LogP contribution in [0.5, 0.6) is 0 Å². The molecule has 1 fully saturated rings. The van der Waals surface area contributed by atoms with Gasteiger partial charge < -0.3 is 15.1 Å². The summed E-state index contributed by atoms with van der Waals surface area (Å²) in [6.07, 6.45) is 2.32. The van der Waals surface area contributed by atoms with Crippen LogP contribution in [0.25, 0.3) is 11.5 Å². The zero-order valence-electron chi connectivity index (χ0n) is 12.9. The highest BCUT2D eigenvalue weighted by atomic mass is 35.5. The van der Waals surface area contributed by atoms with Crippen LogP contribution in [0, 0.1) is 6.92 Å². The second kappa shape index (κ2) is 8.68. The number of hydrogen-bond acceptors (Lipinski definition) is 5. The molecule has 0 aliphatic carbocycles. The molecule has 23 heavy (non-hydrogen) atoms. The number of hydrogen-bond donors (Lipinski definition) is 1. The van der Waals surface area contributed by atoms with Gasteiger partial charge in [0, 0.05) is 30.1 Å². The van der Waals surface area contributed by atoms with Crippen molar-refractivity contribution in [2.45, 2.75) is 32.2 Å². The van der Waals surface area contributed by atoms with E-state index in [4.69, 9.17) is 10.2 Å². The standard InChI is InChI=1S/C15H19N3O2S.2ClH/c1-10-13(17-15(20-10)11-4-6-21-9-11)7-14(19)18-5-2-3-12(18)8-16;;/h4,6,9,12H,2-3,5,7-8,16H2,1H3;2*1H. The molecular formula is C15H21Cl2N3O2S. The van der Waals surface area contributed by atoms with Crippen molar-refractivity contribution in [3.63, 3.8) is 0 Å². The Morgan fingerprint density at radius 1 is 1.52 bits per heavy atom. The molecule has 8 heteroatoms. The van der Waals surface area contributed by atoms with Gasteiger partial charge >= 0.3 is 0 Å². The van der Waals surface area contributed by atoms with Crippen LogP contribution in [-0.4, -0.2) is 34.9 Å². The lowest BCUT2D eigenvalue weighted by Crippen LogP contribution is -2.40. The number of likely N-dealkylation sites (tertiary alicyclic amines) is 1. The van der Waals surface area contributed by atoms with E-state index >= 15 is 0 Å². The SMILES string of the molecule is Cc1oc(-c2ccsc2)nc1CC(=O)N1CCCC1CN.Cl.Cl. The molecule has 3 heterocycles. The molecule has 2 N–H and O–H groups in total. The number of rotatable bonds is 4. The average molecular weight is 378 g/mol. The number of nitrogens with zero attached hydrogens (tertiary/aromatic N) is 2. The van der Waals surface area contributed by atoms with E-state index in [2.05, 4.69) is 4.98 Å². The molecule has 3 rings (SSSR count). The van der Waals surface area contributed by atoms with E-state index in [0.29, 0.717) is 18.2 Å². The number of thiophene rings is 1. The summed E-state index contributed by atoms with van der Waals surface area (Å²) < 4.78 is 5.68. The predicted octanol–water partition coefficient (Wildman–Crippen LogP) is 3.05. The van der Waals surface area contributed by atoms with E-state index < -0.39 is 0 Å². The van der Waals surface area contributed by atoms with Crippen molar-refractivity contribution in [1.29, 1.82) is 0 Å². The molecule has 1 unspecified atom stereocenters. The Morgan fingerprint density at radius 2 is 2.30 bits per heavy atom. The molecule has 0 bridgehead atoms. The minimum Gasteiger partial charge on any atom is -0.441 e. The van der Waals surface area contributed by atoms with Gasteiger partial charge in [-0.2, -0.15) is 11.3 Å². The maximum atomic E-state index is 12.4. The van der Waals surface area contributed by atoms with Crippen molar-refractivity contribution in [3.8, 4) is 11.5 Å². The van der Waals surface area contributed by atoms with Crippen LogP contribution in [-0.2, 0) is 11.2 Å². The fourth-order valence-corrected chi connectivity index (χ4v) is 3.39. The van der Waals surface area contributed by atoms with Crippen LogP contribution in [0.4, 0.5) is 0 Å². The Balaban J connectivity index is 0.00000132. The third-order valence-electron chi connectivity index (χ3n) is 3.95. The molecule has 1 aliphatic rings. The average Bonchev–Trinajstić information content (AvgIpc) is 3.18. The molecule has 0 aromatic carbocycles. The lowest BCUT2D eigenvalue weighted by molar-refractivity contribution is -0.131. The number of amides is 1. The van der Waals surface area contributed by atoms with Crippen LogP contribution in [0.1, 0.15) is 24.3 Å². The Kier molecular flexibility index (Phi) is 7.54. The molecule has 1 aliphatic heterocycles. The largest absolute Gasteiger partial charge is 0.441 e. The number of halogens is 2. The summed E-state index contributed by atoms with van der Waals surface area (Å²) in [6.45, 7) is 3.19. The van der Waals surface area contributed by atoms with E-state index in [1.165, 1.54) is 0 Å². The van der Waals surface area contributed by atoms with Crippen LogP contribution >= 0.6 is 36.2 Å². The monoisotopic (exact) mass is 377 g/mol. The Morgan fingerprint density at radius 3 is 2.96 bits per heavy atom. The zero-order valence-corrected chi connectivity index (χ0v) is 15.3. The summed E-state index contributed by atoms with van der Waals surface area (Å²) in [5, 5.41) is 3.97. The van der Waals surface area contributed by atoms with E-state index in [1.54, 1.807) is 11.3 Å². The Hall–Kier alpha value is -1.08. The quantitative estimate of drug-likeness (QED) is 0.888. The van der Waals surface area contributed by atoms with Crippen molar-refractivity contribution in [2.24, 2.45) is 5.73 Å². The second-order valence-electron chi connectivity index (χ2n) is 5.33. The van der Waals surface area contributed by atoms with Crippen molar-refractivity contribution in [2.75, 3.05) is 13.1 Å².